The molecule has 2 aromatic carbocycles. The van der Waals surface area contributed by atoms with Crippen molar-refractivity contribution in [2.45, 2.75) is 19.4 Å². The third-order valence-electron chi connectivity index (χ3n) is 4.54. The first-order chi connectivity index (χ1) is 14.7. The Hall–Kier alpha value is -1.86. The summed E-state index contributed by atoms with van der Waals surface area (Å²) in [6.45, 7) is 1.93. The summed E-state index contributed by atoms with van der Waals surface area (Å²) in [7, 11) is 3.95. The largest absolute Gasteiger partial charge is 0.351 e. The summed E-state index contributed by atoms with van der Waals surface area (Å²) in [5, 5.41) is 3.57. The Bertz CT molecular complexity index is 925. The molecule has 0 aromatic heterocycles. The molecule has 0 saturated heterocycles. The summed E-state index contributed by atoms with van der Waals surface area (Å²) < 4.78 is 13.2. The van der Waals surface area contributed by atoms with E-state index in [1.54, 1.807) is 17.0 Å². The van der Waals surface area contributed by atoms with Crippen LogP contribution in [0.3, 0.4) is 0 Å². The predicted octanol–water partition coefficient (Wildman–Crippen LogP) is 4.89. The van der Waals surface area contributed by atoms with Crippen molar-refractivity contribution in [3.05, 3.63) is 68.4 Å². The van der Waals surface area contributed by atoms with Crippen molar-refractivity contribution in [2.75, 3.05) is 33.7 Å². The van der Waals surface area contributed by atoms with Gasteiger partial charge < -0.3 is 15.1 Å². The van der Waals surface area contributed by atoms with Gasteiger partial charge in [0.25, 0.3) is 5.91 Å². The lowest BCUT2D eigenvalue weighted by molar-refractivity contribution is -0.131. The number of carbonyl (C=O) groups excluding carboxylic acids is 2. The molecule has 2 aromatic rings. The van der Waals surface area contributed by atoms with Crippen LogP contribution in [0.1, 0.15) is 28.8 Å². The molecular formula is C22H25Cl3FN3O2. The number of nitrogens with zero attached hydrogens (tertiary/aromatic N) is 2. The molecule has 168 valence electrons. The van der Waals surface area contributed by atoms with Gasteiger partial charge in [-0.05, 0) is 63.0 Å². The Morgan fingerprint density at radius 2 is 1.71 bits per heavy atom. The monoisotopic (exact) mass is 487 g/mol. The van der Waals surface area contributed by atoms with Crippen LogP contribution in [-0.4, -0.2) is 55.3 Å². The van der Waals surface area contributed by atoms with Crippen molar-refractivity contribution in [1.29, 1.82) is 0 Å². The number of amides is 2. The highest BCUT2D eigenvalue weighted by molar-refractivity contribution is 6.42. The van der Waals surface area contributed by atoms with Gasteiger partial charge >= 0.3 is 0 Å². The molecule has 9 heteroatoms. The van der Waals surface area contributed by atoms with Gasteiger partial charge in [-0.1, -0.05) is 40.9 Å². The zero-order chi connectivity index (χ0) is 23.0. The molecule has 2 amide bonds. The van der Waals surface area contributed by atoms with E-state index in [9.17, 15) is 14.0 Å². The molecule has 0 aliphatic carbocycles. The second kappa shape index (κ2) is 12.2. The first-order valence-electron chi connectivity index (χ1n) is 9.77. The van der Waals surface area contributed by atoms with Gasteiger partial charge in [-0.25, -0.2) is 4.39 Å². The standard InChI is InChI=1S/C22H25Cl3FN3O2/c1-28(2)10-3-11-29(14-15-4-7-18(23)20(25)12-15)21(30)8-9-27-22(31)17-6-5-16(26)13-19(17)24/h4-7,12-13H,3,8-11,14H2,1-2H3,(H,27,31). The quantitative estimate of drug-likeness (QED) is 0.518. The fourth-order valence-electron chi connectivity index (χ4n) is 2.94. The highest BCUT2D eigenvalue weighted by Gasteiger charge is 2.16. The molecule has 31 heavy (non-hydrogen) atoms. The van der Waals surface area contributed by atoms with E-state index < -0.39 is 11.7 Å². The van der Waals surface area contributed by atoms with E-state index in [0.717, 1.165) is 30.7 Å². The molecule has 0 unspecified atom stereocenters. The highest BCUT2D eigenvalue weighted by atomic mass is 35.5. The van der Waals surface area contributed by atoms with Gasteiger partial charge in [-0.2, -0.15) is 0 Å². The lowest BCUT2D eigenvalue weighted by Crippen LogP contribution is -2.36. The van der Waals surface area contributed by atoms with E-state index in [1.165, 1.54) is 6.07 Å². The number of hydrogen-bond acceptors (Lipinski definition) is 3. The Kier molecular flexibility index (Phi) is 10.0. The van der Waals surface area contributed by atoms with E-state index in [2.05, 4.69) is 10.2 Å². The fourth-order valence-corrected chi connectivity index (χ4v) is 3.51. The van der Waals surface area contributed by atoms with Crippen molar-refractivity contribution in [1.82, 2.24) is 15.1 Å². The molecule has 0 spiro atoms. The van der Waals surface area contributed by atoms with Crippen LogP contribution in [-0.2, 0) is 11.3 Å². The van der Waals surface area contributed by atoms with Crippen LogP contribution in [0.4, 0.5) is 4.39 Å². The first-order valence-corrected chi connectivity index (χ1v) is 10.9. The topological polar surface area (TPSA) is 52.6 Å². The zero-order valence-corrected chi connectivity index (χ0v) is 19.7. The summed E-state index contributed by atoms with van der Waals surface area (Å²) in [6, 6.07) is 8.83. The van der Waals surface area contributed by atoms with E-state index in [0.29, 0.717) is 23.1 Å². The summed E-state index contributed by atoms with van der Waals surface area (Å²) in [6.07, 6.45) is 0.922. The van der Waals surface area contributed by atoms with Crippen LogP contribution in [0.2, 0.25) is 15.1 Å². The normalized spacial score (nSPS) is 10.9. The highest BCUT2D eigenvalue weighted by Crippen LogP contribution is 2.23. The number of benzene rings is 2. The molecule has 5 nitrogen and oxygen atoms in total. The average molecular weight is 489 g/mol. The predicted molar refractivity (Wildman–Crippen MR) is 123 cm³/mol. The van der Waals surface area contributed by atoms with E-state index in [-0.39, 0.29) is 29.5 Å². The van der Waals surface area contributed by atoms with Gasteiger partial charge in [0.2, 0.25) is 5.91 Å². The van der Waals surface area contributed by atoms with Gasteiger partial charge in [-0.3, -0.25) is 9.59 Å². The van der Waals surface area contributed by atoms with Gasteiger partial charge in [-0.15, -0.1) is 0 Å². The van der Waals surface area contributed by atoms with Gasteiger partial charge in [0.15, 0.2) is 0 Å². The summed E-state index contributed by atoms with van der Waals surface area (Å²) in [4.78, 5) is 28.9. The van der Waals surface area contributed by atoms with Crippen LogP contribution >= 0.6 is 34.8 Å². The number of nitrogens with one attached hydrogen (secondary N) is 1. The Balaban J connectivity index is 1.97. The first kappa shape index (κ1) is 25.4. The lowest BCUT2D eigenvalue weighted by atomic mass is 10.2. The molecule has 1 N–H and O–H groups in total. The molecule has 0 atom stereocenters. The molecule has 0 aliphatic rings. The Morgan fingerprint density at radius 3 is 2.35 bits per heavy atom. The van der Waals surface area contributed by atoms with Gasteiger partial charge in [0.05, 0.1) is 20.6 Å². The number of halogens is 4. The average Bonchev–Trinajstić information content (AvgIpc) is 2.69. The molecule has 0 aliphatic heterocycles. The molecule has 0 saturated carbocycles. The third kappa shape index (κ3) is 8.30. The molecular weight excluding hydrogens is 464 g/mol. The van der Waals surface area contributed by atoms with Crippen LogP contribution in [0.5, 0.6) is 0 Å². The molecule has 0 radical (unpaired) electrons. The maximum Gasteiger partial charge on any atom is 0.252 e. The Labute approximate surface area is 197 Å². The zero-order valence-electron chi connectivity index (χ0n) is 17.4. The summed E-state index contributed by atoms with van der Waals surface area (Å²) in [5.74, 6) is -1.08. The third-order valence-corrected chi connectivity index (χ3v) is 5.60. The van der Waals surface area contributed by atoms with Crippen LogP contribution in [0.15, 0.2) is 36.4 Å². The van der Waals surface area contributed by atoms with E-state index >= 15 is 0 Å². The van der Waals surface area contributed by atoms with Crippen LogP contribution in [0.25, 0.3) is 0 Å². The van der Waals surface area contributed by atoms with E-state index in [1.807, 2.05) is 20.2 Å². The fraction of sp³-hybridized carbons (Fsp3) is 0.364. The second-order valence-electron chi connectivity index (χ2n) is 7.35. The minimum atomic E-state index is -0.521. The van der Waals surface area contributed by atoms with Crippen molar-refractivity contribution < 1.29 is 14.0 Å². The van der Waals surface area contributed by atoms with E-state index in [4.69, 9.17) is 34.8 Å². The second-order valence-corrected chi connectivity index (χ2v) is 8.57. The SMILES string of the molecule is CN(C)CCCN(Cc1ccc(Cl)c(Cl)c1)C(=O)CCNC(=O)c1ccc(F)cc1Cl. The van der Waals surface area contributed by atoms with Gasteiger partial charge in [0.1, 0.15) is 5.82 Å². The molecule has 0 bridgehead atoms. The van der Waals surface area contributed by atoms with Crippen molar-refractivity contribution in [2.24, 2.45) is 0 Å². The minimum Gasteiger partial charge on any atom is -0.351 e. The molecule has 2 rings (SSSR count). The van der Waals surface area contributed by atoms with Crippen LogP contribution in [0, 0.1) is 5.82 Å². The van der Waals surface area contributed by atoms with Gasteiger partial charge in [0, 0.05) is 26.1 Å². The number of carbonyl (C=O) groups is 2. The summed E-state index contributed by atoms with van der Waals surface area (Å²) >= 11 is 18.0. The summed E-state index contributed by atoms with van der Waals surface area (Å²) in [5.41, 5.74) is 1.03. The lowest BCUT2D eigenvalue weighted by Gasteiger charge is -2.24. The number of rotatable bonds is 10. The van der Waals surface area contributed by atoms with Crippen LogP contribution < -0.4 is 5.32 Å². The molecule has 0 heterocycles. The minimum absolute atomic E-state index is 0.0220. The van der Waals surface area contributed by atoms with Crippen molar-refractivity contribution in [3.8, 4) is 0 Å². The number of hydrogen-bond donors (Lipinski definition) is 1. The molecule has 0 fully saturated rings. The maximum atomic E-state index is 13.2. The Morgan fingerprint density at radius 1 is 0.968 bits per heavy atom. The van der Waals surface area contributed by atoms with Crippen molar-refractivity contribution >= 4 is 46.6 Å². The smallest absolute Gasteiger partial charge is 0.252 e. The maximum absolute atomic E-state index is 13.2. The van der Waals surface area contributed by atoms with Crippen molar-refractivity contribution in [3.63, 3.8) is 0 Å².